The number of para-hydroxylation sites is 2. The summed E-state index contributed by atoms with van der Waals surface area (Å²) in [6.45, 7) is -0.0536. The van der Waals surface area contributed by atoms with Crippen molar-refractivity contribution in [3.05, 3.63) is 65.2 Å². The predicted octanol–water partition coefficient (Wildman–Crippen LogP) is 3.64. The molecule has 132 valence electrons. The largest absolute Gasteiger partial charge is 0.465 e. The minimum absolute atomic E-state index is 0.0536. The molecule has 2 aromatic carbocycles. The number of carbonyl (C=O) groups excluding carboxylic acids is 1. The number of carbonyl (C=O) groups is 2. The highest BCUT2D eigenvalue weighted by Crippen LogP contribution is 2.26. The van der Waals surface area contributed by atoms with Gasteiger partial charge in [-0.1, -0.05) is 24.3 Å². The molecule has 2 amide bonds. The maximum absolute atomic E-state index is 12.4. The zero-order valence-electron chi connectivity index (χ0n) is 13.5. The number of nitrogens with zero attached hydrogens (tertiary/aromatic N) is 1. The van der Waals surface area contributed by atoms with Gasteiger partial charge in [0, 0.05) is 17.3 Å². The average Bonchev–Trinajstić information content (AvgIpc) is 3.12. The van der Waals surface area contributed by atoms with E-state index in [9.17, 15) is 9.59 Å². The number of benzene rings is 2. The number of aliphatic hydroxyl groups excluding tert-OH is 1. The lowest BCUT2D eigenvalue weighted by Gasteiger charge is -2.10. The summed E-state index contributed by atoms with van der Waals surface area (Å²) in [6, 6.07) is 13.4. The summed E-state index contributed by atoms with van der Waals surface area (Å²) < 4.78 is 0. The Morgan fingerprint density at radius 3 is 2.23 bits per heavy atom. The summed E-state index contributed by atoms with van der Waals surface area (Å²) in [5.74, 6) is -0.355. The van der Waals surface area contributed by atoms with Crippen molar-refractivity contribution in [1.82, 2.24) is 4.98 Å². The second-order valence-electron chi connectivity index (χ2n) is 5.30. The molecule has 0 unspecified atom stereocenters. The van der Waals surface area contributed by atoms with Gasteiger partial charge in [0.05, 0.1) is 22.9 Å². The Morgan fingerprint density at radius 1 is 1.00 bits per heavy atom. The highest BCUT2D eigenvalue weighted by molar-refractivity contribution is 7.15. The average molecular weight is 369 g/mol. The molecule has 7 nitrogen and oxygen atoms in total. The van der Waals surface area contributed by atoms with Gasteiger partial charge in [-0.2, -0.15) is 0 Å². The summed E-state index contributed by atoms with van der Waals surface area (Å²) in [6.07, 6.45) is 0.411. The van der Waals surface area contributed by atoms with Crippen LogP contribution >= 0.6 is 11.3 Å². The van der Waals surface area contributed by atoms with E-state index in [0.717, 1.165) is 15.4 Å². The van der Waals surface area contributed by atoms with Crippen molar-refractivity contribution < 1.29 is 19.8 Å². The van der Waals surface area contributed by atoms with Gasteiger partial charge in [0.2, 0.25) is 0 Å². The smallest absolute Gasteiger partial charge is 0.409 e. The van der Waals surface area contributed by atoms with Crippen molar-refractivity contribution in [3.8, 4) is 10.6 Å². The van der Waals surface area contributed by atoms with E-state index in [2.05, 4.69) is 15.6 Å². The first-order valence-electron chi connectivity index (χ1n) is 7.63. The van der Waals surface area contributed by atoms with Crippen molar-refractivity contribution in [2.75, 3.05) is 10.6 Å². The molecule has 0 aliphatic heterocycles. The standard InChI is InChI=1S/C18H15N3O4S/c22-10-13-9-19-17(26-13)12-7-5-11(6-8-12)16(23)20-14-3-1-2-4-15(14)21-18(24)25/h1-9,21-22H,10H2,(H,20,23)(H,24,25). The Balaban J connectivity index is 1.75. The Hall–Kier alpha value is -3.23. The van der Waals surface area contributed by atoms with Crippen LogP contribution in [0.4, 0.5) is 16.2 Å². The first kappa shape index (κ1) is 17.6. The molecule has 0 saturated carbocycles. The predicted molar refractivity (Wildman–Crippen MR) is 99.5 cm³/mol. The number of carboxylic acid groups (broad SMARTS) is 1. The van der Waals surface area contributed by atoms with Gasteiger partial charge in [-0.3, -0.25) is 10.1 Å². The molecule has 3 rings (SSSR count). The van der Waals surface area contributed by atoms with Crippen molar-refractivity contribution in [1.29, 1.82) is 0 Å². The molecule has 26 heavy (non-hydrogen) atoms. The fourth-order valence-corrected chi connectivity index (χ4v) is 3.07. The van der Waals surface area contributed by atoms with Gasteiger partial charge < -0.3 is 15.5 Å². The zero-order valence-corrected chi connectivity index (χ0v) is 14.3. The second kappa shape index (κ2) is 7.77. The van der Waals surface area contributed by atoms with Crippen LogP contribution in [0.1, 0.15) is 15.2 Å². The summed E-state index contributed by atoms with van der Waals surface area (Å²) in [5, 5.41) is 23.7. The number of rotatable bonds is 5. The number of amides is 2. The van der Waals surface area contributed by atoms with Gasteiger partial charge in [0.15, 0.2) is 0 Å². The van der Waals surface area contributed by atoms with E-state index in [-0.39, 0.29) is 12.5 Å². The topological polar surface area (TPSA) is 112 Å². The molecule has 4 N–H and O–H groups in total. The summed E-state index contributed by atoms with van der Waals surface area (Å²) >= 11 is 1.38. The molecule has 0 atom stereocenters. The highest BCUT2D eigenvalue weighted by Gasteiger charge is 2.11. The van der Waals surface area contributed by atoms with Crippen LogP contribution in [0.25, 0.3) is 10.6 Å². The molecule has 0 fully saturated rings. The molecule has 0 aliphatic rings. The van der Waals surface area contributed by atoms with Crippen molar-refractivity contribution in [2.24, 2.45) is 0 Å². The first-order chi connectivity index (χ1) is 12.6. The van der Waals surface area contributed by atoms with Crippen LogP contribution in [0.5, 0.6) is 0 Å². The third-order valence-corrected chi connectivity index (χ3v) is 4.55. The third-order valence-electron chi connectivity index (χ3n) is 3.52. The van der Waals surface area contributed by atoms with Gasteiger partial charge in [0.25, 0.3) is 5.91 Å². The highest BCUT2D eigenvalue weighted by atomic mass is 32.1. The number of thiazole rings is 1. The van der Waals surface area contributed by atoms with E-state index in [4.69, 9.17) is 10.2 Å². The molecular formula is C18H15N3O4S. The van der Waals surface area contributed by atoms with Crippen molar-refractivity contribution in [3.63, 3.8) is 0 Å². The van der Waals surface area contributed by atoms with Gasteiger partial charge in [-0.15, -0.1) is 11.3 Å². The third kappa shape index (κ3) is 4.05. The number of aliphatic hydroxyl groups is 1. The van der Waals surface area contributed by atoms with Crippen LogP contribution in [0, 0.1) is 0 Å². The maximum Gasteiger partial charge on any atom is 0.409 e. The fraction of sp³-hybridized carbons (Fsp3) is 0.0556. The lowest BCUT2D eigenvalue weighted by Crippen LogP contribution is -2.15. The molecule has 3 aromatic rings. The quantitative estimate of drug-likeness (QED) is 0.549. The number of hydrogen-bond donors (Lipinski definition) is 4. The van der Waals surface area contributed by atoms with Gasteiger partial charge in [-0.25, -0.2) is 9.78 Å². The summed E-state index contributed by atoms with van der Waals surface area (Å²) in [5.41, 5.74) is 1.94. The number of hydrogen-bond acceptors (Lipinski definition) is 5. The molecule has 1 aromatic heterocycles. The SMILES string of the molecule is O=C(O)Nc1ccccc1NC(=O)c1ccc(-c2ncc(CO)s2)cc1. The van der Waals surface area contributed by atoms with Crippen LogP contribution in [0.2, 0.25) is 0 Å². The van der Waals surface area contributed by atoms with Crippen LogP contribution in [-0.2, 0) is 6.61 Å². The fourth-order valence-electron chi connectivity index (χ4n) is 2.29. The van der Waals surface area contributed by atoms with E-state index < -0.39 is 6.09 Å². The van der Waals surface area contributed by atoms with E-state index >= 15 is 0 Å². The Bertz CT molecular complexity index is 938. The number of aromatic nitrogens is 1. The van der Waals surface area contributed by atoms with E-state index in [1.54, 1.807) is 54.7 Å². The lowest BCUT2D eigenvalue weighted by molar-refractivity contribution is 0.102. The van der Waals surface area contributed by atoms with Crippen molar-refractivity contribution in [2.45, 2.75) is 6.61 Å². The van der Waals surface area contributed by atoms with E-state index in [1.807, 2.05) is 0 Å². The maximum atomic E-state index is 12.4. The number of nitrogens with one attached hydrogen (secondary N) is 2. The molecule has 1 heterocycles. The zero-order chi connectivity index (χ0) is 18.5. The van der Waals surface area contributed by atoms with Crippen LogP contribution in [0.3, 0.4) is 0 Å². The number of anilines is 2. The normalized spacial score (nSPS) is 10.3. The minimum Gasteiger partial charge on any atom is -0.465 e. The van der Waals surface area contributed by atoms with Crippen molar-refractivity contribution >= 4 is 34.7 Å². The van der Waals surface area contributed by atoms with Gasteiger partial charge in [0.1, 0.15) is 5.01 Å². The van der Waals surface area contributed by atoms with Gasteiger partial charge >= 0.3 is 6.09 Å². The minimum atomic E-state index is -1.21. The monoisotopic (exact) mass is 369 g/mol. The Kier molecular flexibility index (Phi) is 5.26. The molecule has 0 bridgehead atoms. The van der Waals surface area contributed by atoms with Gasteiger partial charge in [-0.05, 0) is 24.3 Å². The van der Waals surface area contributed by atoms with Crippen LogP contribution < -0.4 is 10.6 Å². The summed E-state index contributed by atoms with van der Waals surface area (Å²) in [4.78, 5) is 28.2. The molecular weight excluding hydrogens is 354 g/mol. The van der Waals surface area contributed by atoms with Crippen LogP contribution in [-0.4, -0.2) is 27.2 Å². The first-order valence-corrected chi connectivity index (χ1v) is 8.45. The lowest BCUT2D eigenvalue weighted by atomic mass is 10.1. The second-order valence-corrected chi connectivity index (χ2v) is 6.41. The van der Waals surface area contributed by atoms with E-state index in [1.165, 1.54) is 11.3 Å². The van der Waals surface area contributed by atoms with Crippen LogP contribution in [0.15, 0.2) is 54.7 Å². The molecule has 0 radical (unpaired) electrons. The molecule has 0 spiro atoms. The molecule has 0 aliphatic carbocycles. The van der Waals surface area contributed by atoms with E-state index in [0.29, 0.717) is 16.9 Å². The molecule has 0 saturated heterocycles. The Labute approximate surface area is 153 Å². The Morgan fingerprint density at radius 2 is 1.65 bits per heavy atom. The molecule has 8 heteroatoms. The summed E-state index contributed by atoms with van der Waals surface area (Å²) in [7, 11) is 0.